The molecule has 9 nitrogen and oxygen atoms in total. The Morgan fingerprint density at radius 1 is 0.633 bits per heavy atom. The Bertz CT molecular complexity index is 776. The zero-order valence-corrected chi connectivity index (χ0v) is 17.7. The van der Waals surface area contributed by atoms with E-state index in [1.165, 1.54) is 21.0 Å². The standard InChI is InChI=1S/C21H28N4O5/c1-15(26)22-4-8-24(9-5-22)20(28)17-12-18(14-19(13-17)30-3)21(29)25-10-6-23(7-11-25)16(2)27/h12-14H,4-11H2,1-3H3. The van der Waals surface area contributed by atoms with Crippen molar-refractivity contribution in [2.24, 2.45) is 0 Å². The number of carbonyl (C=O) groups is 4. The summed E-state index contributed by atoms with van der Waals surface area (Å²) in [5, 5.41) is 0. The Morgan fingerprint density at radius 2 is 0.967 bits per heavy atom. The maximum Gasteiger partial charge on any atom is 0.254 e. The molecule has 0 aromatic heterocycles. The van der Waals surface area contributed by atoms with Crippen molar-refractivity contribution in [3.63, 3.8) is 0 Å². The molecule has 0 unspecified atom stereocenters. The zero-order chi connectivity index (χ0) is 21.8. The molecule has 30 heavy (non-hydrogen) atoms. The van der Waals surface area contributed by atoms with Crippen LogP contribution in [0.1, 0.15) is 34.6 Å². The molecule has 0 saturated carbocycles. The highest BCUT2D eigenvalue weighted by molar-refractivity contribution is 6.00. The molecule has 0 radical (unpaired) electrons. The van der Waals surface area contributed by atoms with E-state index < -0.39 is 0 Å². The third kappa shape index (κ3) is 4.72. The lowest BCUT2D eigenvalue weighted by Crippen LogP contribution is -2.50. The summed E-state index contributed by atoms with van der Waals surface area (Å²) in [5.41, 5.74) is 0.771. The lowest BCUT2D eigenvalue weighted by atomic mass is 10.1. The van der Waals surface area contributed by atoms with Crippen LogP contribution < -0.4 is 4.74 Å². The number of methoxy groups -OCH3 is 1. The molecule has 0 spiro atoms. The van der Waals surface area contributed by atoms with E-state index >= 15 is 0 Å². The van der Waals surface area contributed by atoms with Crippen LogP contribution in [0.15, 0.2) is 18.2 Å². The normalized spacial score (nSPS) is 17.0. The number of benzene rings is 1. The van der Waals surface area contributed by atoms with Gasteiger partial charge in [0.15, 0.2) is 0 Å². The molecule has 0 bridgehead atoms. The summed E-state index contributed by atoms with van der Waals surface area (Å²) >= 11 is 0. The first-order valence-corrected chi connectivity index (χ1v) is 10.1. The predicted octanol–water partition coefficient (Wildman–Crippen LogP) is 0.304. The van der Waals surface area contributed by atoms with Crippen molar-refractivity contribution in [3.8, 4) is 5.75 Å². The second kappa shape index (κ2) is 9.15. The minimum absolute atomic E-state index is 0.00114. The van der Waals surface area contributed by atoms with E-state index in [2.05, 4.69) is 0 Å². The summed E-state index contributed by atoms with van der Waals surface area (Å²) in [7, 11) is 1.50. The van der Waals surface area contributed by atoms with E-state index in [1.54, 1.807) is 37.8 Å². The molecule has 2 aliphatic rings. The highest BCUT2D eigenvalue weighted by Gasteiger charge is 2.27. The van der Waals surface area contributed by atoms with Crippen molar-refractivity contribution >= 4 is 23.6 Å². The zero-order valence-electron chi connectivity index (χ0n) is 17.7. The fourth-order valence-electron chi connectivity index (χ4n) is 3.78. The number of ether oxygens (including phenoxy) is 1. The second-order valence-corrected chi connectivity index (χ2v) is 7.55. The van der Waals surface area contributed by atoms with Crippen LogP contribution in [0.5, 0.6) is 5.75 Å². The van der Waals surface area contributed by atoms with Crippen LogP contribution in [0.25, 0.3) is 0 Å². The Kier molecular flexibility index (Phi) is 6.59. The lowest BCUT2D eigenvalue weighted by molar-refractivity contribution is -0.131. The fraction of sp³-hybridized carbons (Fsp3) is 0.524. The molecular formula is C21H28N4O5. The largest absolute Gasteiger partial charge is 0.497 e. The Balaban J connectivity index is 1.74. The first kappa shape index (κ1) is 21.6. The van der Waals surface area contributed by atoms with Gasteiger partial charge >= 0.3 is 0 Å². The van der Waals surface area contributed by atoms with Crippen LogP contribution in [0.2, 0.25) is 0 Å². The second-order valence-electron chi connectivity index (χ2n) is 7.55. The average Bonchev–Trinajstić information content (AvgIpc) is 2.77. The summed E-state index contributed by atoms with van der Waals surface area (Å²) in [4.78, 5) is 55.8. The smallest absolute Gasteiger partial charge is 0.254 e. The average molecular weight is 416 g/mol. The van der Waals surface area contributed by atoms with Gasteiger partial charge in [0, 0.05) is 77.3 Å². The summed E-state index contributed by atoms with van der Waals surface area (Å²) in [6, 6.07) is 4.86. The Labute approximate surface area is 176 Å². The van der Waals surface area contributed by atoms with Gasteiger partial charge in [-0.05, 0) is 18.2 Å². The van der Waals surface area contributed by atoms with Gasteiger partial charge in [-0.3, -0.25) is 19.2 Å². The molecule has 2 aliphatic heterocycles. The van der Waals surface area contributed by atoms with E-state index in [-0.39, 0.29) is 23.6 Å². The van der Waals surface area contributed by atoms with Crippen molar-refractivity contribution in [2.75, 3.05) is 59.5 Å². The molecule has 2 saturated heterocycles. The lowest BCUT2D eigenvalue weighted by Gasteiger charge is -2.35. The van der Waals surface area contributed by atoms with E-state index in [9.17, 15) is 19.2 Å². The molecule has 1 aromatic rings. The van der Waals surface area contributed by atoms with Gasteiger partial charge in [-0.15, -0.1) is 0 Å². The topological polar surface area (TPSA) is 90.5 Å². The number of carbonyl (C=O) groups excluding carboxylic acids is 4. The Morgan fingerprint density at radius 3 is 1.27 bits per heavy atom. The number of piperazine rings is 2. The van der Waals surface area contributed by atoms with Gasteiger partial charge in [-0.1, -0.05) is 0 Å². The summed E-state index contributed by atoms with van der Waals surface area (Å²) in [6.07, 6.45) is 0. The monoisotopic (exact) mass is 416 g/mol. The van der Waals surface area contributed by atoms with Gasteiger partial charge in [0.1, 0.15) is 5.75 Å². The summed E-state index contributed by atoms with van der Waals surface area (Å²) in [5.74, 6) is 0.0662. The van der Waals surface area contributed by atoms with Crippen LogP contribution in [-0.2, 0) is 9.59 Å². The van der Waals surface area contributed by atoms with Crippen LogP contribution in [-0.4, -0.2) is 103 Å². The molecule has 1 aromatic carbocycles. The van der Waals surface area contributed by atoms with Gasteiger partial charge in [0.05, 0.1) is 7.11 Å². The van der Waals surface area contributed by atoms with Crippen LogP contribution >= 0.6 is 0 Å². The first-order chi connectivity index (χ1) is 14.3. The first-order valence-electron chi connectivity index (χ1n) is 10.1. The number of hydrogen-bond acceptors (Lipinski definition) is 5. The third-order valence-electron chi connectivity index (χ3n) is 5.66. The van der Waals surface area contributed by atoms with Crippen molar-refractivity contribution in [3.05, 3.63) is 29.3 Å². The molecule has 0 N–H and O–H groups in total. The predicted molar refractivity (Wildman–Crippen MR) is 109 cm³/mol. The van der Waals surface area contributed by atoms with Crippen LogP contribution in [0, 0.1) is 0 Å². The molecule has 162 valence electrons. The van der Waals surface area contributed by atoms with E-state index in [0.29, 0.717) is 69.2 Å². The molecule has 4 amide bonds. The van der Waals surface area contributed by atoms with Crippen molar-refractivity contribution in [1.29, 1.82) is 0 Å². The Hall–Kier alpha value is -3.10. The number of amides is 4. The fourth-order valence-corrected chi connectivity index (χ4v) is 3.78. The maximum absolute atomic E-state index is 13.0. The van der Waals surface area contributed by atoms with E-state index in [1.807, 2.05) is 0 Å². The molecule has 9 heteroatoms. The van der Waals surface area contributed by atoms with E-state index in [0.717, 1.165) is 0 Å². The summed E-state index contributed by atoms with van der Waals surface area (Å²) < 4.78 is 5.32. The highest BCUT2D eigenvalue weighted by Crippen LogP contribution is 2.21. The quantitative estimate of drug-likeness (QED) is 0.707. The van der Waals surface area contributed by atoms with Gasteiger partial charge in [-0.2, -0.15) is 0 Å². The minimum Gasteiger partial charge on any atom is -0.497 e. The van der Waals surface area contributed by atoms with Crippen molar-refractivity contribution < 1.29 is 23.9 Å². The molecule has 2 fully saturated rings. The van der Waals surface area contributed by atoms with Crippen LogP contribution in [0.4, 0.5) is 0 Å². The minimum atomic E-state index is -0.187. The molecule has 0 aliphatic carbocycles. The molecule has 2 heterocycles. The van der Waals surface area contributed by atoms with Gasteiger partial charge < -0.3 is 24.3 Å². The SMILES string of the molecule is COc1cc(C(=O)N2CCN(C(C)=O)CC2)cc(C(=O)N2CCN(C(C)=O)CC2)c1. The third-order valence-corrected chi connectivity index (χ3v) is 5.66. The van der Waals surface area contributed by atoms with Crippen LogP contribution in [0.3, 0.4) is 0 Å². The van der Waals surface area contributed by atoms with Gasteiger partial charge in [0.25, 0.3) is 11.8 Å². The molecule has 3 rings (SSSR count). The number of nitrogens with zero attached hydrogens (tertiary/aromatic N) is 4. The van der Waals surface area contributed by atoms with Crippen molar-refractivity contribution in [1.82, 2.24) is 19.6 Å². The van der Waals surface area contributed by atoms with E-state index in [4.69, 9.17) is 4.74 Å². The highest BCUT2D eigenvalue weighted by atomic mass is 16.5. The van der Waals surface area contributed by atoms with Gasteiger partial charge in [0.2, 0.25) is 11.8 Å². The number of hydrogen-bond donors (Lipinski definition) is 0. The van der Waals surface area contributed by atoms with Gasteiger partial charge in [-0.25, -0.2) is 0 Å². The molecule has 0 atom stereocenters. The van der Waals surface area contributed by atoms with Crippen molar-refractivity contribution in [2.45, 2.75) is 13.8 Å². The summed E-state index contributed by atoms with van der Waals surface area (Å²) in [6.45, 7) is 6.83. The maximum atomic E-state index is 13.0. The molecular weight excluding hydrogens is 388 g/mol. The number of rotatable bonds is 3.